The topological polar surface area (TPSA) is 105 Å². The highest BCUT2D eigenvalue weighted by Crippen LogP contribution is 1.87. The van der Waals surface area contributed by atoms with E-state index in [0.29, 0.717) is 0 Å². The maximum atomic E-state index is 10.8. The molecule has 0 bridgehead atoms. The van der Waals surface area contributed by atoms with E-state index in [1.807, 2.05) is 0 Å². The van der Waals surface area contributed by atoms with Gasteiger partial charge in [-0.25, -0.2) is 9.78 Å². The molecule has 0 aromatic heterocycles. The van der Waals surface area contributed by atoms with Crippen LogP contribution in [-0.4, -0.2) is 37.9 Å². The predicted molar refractivity (Wildman–Crippen MR) is 49.3 cm³/mol. The summed E-state index contributed by atoms with van der Waals surface area (Å²) in [4.78, 5) is 30.6. The van der Waals surface area contributed by atoms with Gasteiger partial charge in [0.15, 0.2) is 11.6 Å². The molecular formula is C8H16N2O4. The summed E-state index contributed by atoms with van der Waals surface area (Å²) in [5, 5.41) is 0. The van der Waals surface area contributed by atoms with Crippen molar-refractivity contribution in [2.45, 2.75) is 12.8 Å². The van der Waals surface area contributed by atoms with Crippen molar-refractivity contribution in [2.24, 2.45) is 11.5 Å². The molecule has 0 saturated carbocycles. The van der Waals surface area contributed by atoms with Gasteiger partial charge in [0, 0.05) is 12.8 Å². The van der Waals surface area contributed by atoms with E-state index in [9.17, 15) is 9.59 Å². The zero-order valence-corrected chi connectivity index (χ0v) is 8.03. The van der Waals surface area contributed by atoms with Crippen LogP contribution in [0, 0.1) is 0 Å². The Labute approximate surface area is 82.5 Å². The Morgan fingerprint density at radius 1 is 0.857 bits per heavy atom. The molecule has 0 aromatic rings. The lowest BCUT2D eigenvalue weighted by atomic mass is 10.3. The smallest absolute Gasteiger partial charge is 0.163 e. The number of nitrogens with two attached hydrogens (primary N) is 2. The van der Waals surface area contributed by atoms with Crippen LogP contribution in [0.4, 0.5) is 0 Å². The average Bonchev–Trinajstić information content (AvgIpc) is 2.13. The maximum absolute atomic E-state index is 10.8. The van der Waals surface area contributed by atoms with Crippen LogP contribution >= 0.6 is 0 Å². The summed E-state index contributed by atoms with van der Waals surface area (Å²) in [6.07, 6.45) is 0.500. The average molecular weight is 204 g/mol. The van der Waals surface area contributed by atoms with E-state index in [2.05, 4.69) is 9.78 Å². The summed E-state index contributed by atoms with van der Waals surface area (Å²) in [5.74, 6) is -0.308. The number of hydrogen-bond donors (Lipinski definition) is 2. The molecule has 82 valence electrons. The highest BCUT2D eigenvalue weighted by Gasteiger charge is 2.03. The van der Waals surface area contributed by atoms with Crippen molar-refractivity contribution in [3.8, 4) is 0 Å². The molecule has 0 aliphatic heterocycles. The van der Waals surface area contributed by atoms with Crippen molar-refractivity contribution in [3.05, 3.63) is 0 Å². The van der Waals surface area contributed by atoms with Crippen LogP contribution in [0.25, 0.3) is 0 Å². The summed E-state index contributed by atoms with van der Waals surface area (Å²) in [5.41, 5.74) is 10.3. The normalized spacial score (nSPS) is 10.1. The zero-order chi connectivity index (χ0) is 10.8. The minimum Gasteiger partial charge on any atom is -0.330 e. The molecule has 0 aromatic carbocycles. The predicted octanol–water partition coefficient (Wildman–Crippen LogP) is -1.23. The first-order valence-corrected chi connectivity index (χ1v) is 4.38. The second-order valence-corrected chi connectivity index (χ2v) is 2.68. The second kappa shape index (κ2) is 8.76. The van der Waals surface area contributed by atoms with Crippen LogP contribution < -0.4 is 11.5 Å². The monoisotopic (exact) mass is 204 g/mol. The largest absolute Gasteiger partial charge is 0.330 e. The number of carbonyl (C=O) groups is 2. The molecule has 6 nitrogen and oxygen atoms in total. The summed E-state index contributed by atoms with van der Waals surface area (Å²) in [7, 11) is 0. The number of hydrogen-bond acceptors (Lipinski definition) is 6. The van der Waals surface area contributed by atoms with Gasteiger partial charge < -0.3 is 11.5 Å². The molecule has 0 heterocycles. The fourth-order valence-corrected chi connectivity index (χ4v) is 0.681. The quantitative estimate of drug-likeness (QED) is 0.277. The molecule has 0 spiro atoms. The van der Waals surface area contributed by atoms with Crippen molar-refractivity contribution in [3.63, 3.8) is 0 Å². The molecular weight excluding hydrogens is 188 g/mol. The van der Waals surface area contributed by atoms with Crippen molar-refractivity contribution >= 4 is 11.6 Å². The van der Waals surface area contributed by atoms with Crippen LogP contribution in [-0.2, 0) is 19.4 Å². The Morgan fingerprint density at radius 3 is 1.50 bits per heavy atom. The lowest BCUT2D eigenvalue weighted by molar-refractivity contribution is -0.283. The van der Waals surface area contributed by atoms with Gasteiger partial charge in [0.2, 0.25) is 0 Å². The van der Waals surface area contributed by atoms with Crippen LogP contribution in [0.1, 0.15) is 12.8 Å². The first kappa shape index (κ1) is 13.2. The summed E-state index contributed by atoms with van der Waals surface area (Å²) >= 11 is 0. The van der Waals surface area contributed by atoms with Crippen LogP contribution in [0.3, 0.4) is 0 Å². The van der Waals surface area contributed by atoms with Crippen LogP contribution in [0.2, 0.25) is 0 Å². The Balaban J connectivity index is 3.28. The fourth-order valence-electron chi connectivity index (χ4n) is 0.681. The van der Waals surface area contributed by atoms with Crippen LogP contribution in [0.15, 0.2) is 0 Å². The van der Waals surface area contributed by atoms with Gasteiger partial charge in [-0.05, 0) is 13.1 Å². The van der Waals surface area contributed by atoms with E-state index in [1.165, 1.54) is 0 Å². The highest BCUT2D eigenvalue weighted by atomic mass is 17.2. The molecule has 6 heteroatoms. The Bertz CT molecular complexity index is 164. The number of ketones is 2. The molecule has 4 N–H and O–H groups in total. The minimum absolute atomic E-state index is 0.154. The van der Waals surface area contributed by atoms with Crippen molar-refractivity contribution in [1.82, 2.24) is 0 Å². The van der Waals surface area contributed by atoms with Crippen molar-refractivity contribution in [2.75, 3.05) is 26.3 Å². The molecule has 0 saturated heterocycles. The number of rotatable bonds is 9. The van der Waals surface area contributed by atoms with Gasteiger partial charge in [0.05, 0.1) is 0 Å². The van der Waals surface area contributed by atoms with Gasteiger partial charge in [-0.2, -0.15) is 0 Å². The molecule has 0 atom stereocenters. The number of Topliss-reactive ketones (excluding diaryl/α,β-unsaturated/α-hetero) is 2. The standard InChI is InChI=1S/C8H16N2O4/c9-3-1-7(11)5-13-14-6-8(12)2-4-10/h1-6,9-10H2. The SMILES string of the molecule is NCCC(=O)COOCC(=O)CCN. The Hall–Kier alpha value is -0.820. The molecule has 0 fully saturated rings. The summed E-state index contributed by atoms with van der Waals surface area (Å²) in [6, 6.07) is 0. The van der Waals surface area contributed by atoms with E-state index in [1.54, 1.807) is 0 Å². The Kier molecular flexibility index (Phi) is 8.25. The first-order valence-electron chi connectivity index (χ1n) is 4.38. The van der Waals surface area contributed by atoms with Gasteiger partial charge in [-0.15, -0.1) is 0 Å². The molecule has 14 heavy (non-hydrogen) atoms. The van der Waals surface area contributed by atoms with Gasteiger partial charge in [0.25, 0.3) is 0 Å². The third-order valence-corrected chi connectivity index (χ3v) is 1.37. The second-order valence-electron chi connectivity index (χ2n) is 2.68. The third kappa shape index (κ3) is 7.81. The van der Waals surface area contributed by atoms with Crippen LogP contribution in [0.5, 0.6) is 0 Å². The molecule has 0 rings (SSSR count). The van der Waals surface area contributed by atoms with E-state index >= 15 is 0 Å². The van der Waals surface area contributed by atoms with Gasteiger partial charge in [-0.3, -0.25) is 9.59 Å². The lowest BCUT2D eigenvalue weighted by Crippen LogP contribution is -2.17. The molecule has 0 unspecified atom stereocenters. The Morgan fingerprint density at radius 2 is 1.21 bits per heavy atom. The van der Waals surface area contributed by atoms with E-state index < -0.39 is 0 Å². The zero-order valence-electron chi connectivity index (χ0n) is 8.03. The lowest BCUT2D eigenvalue weighted by Gasteiger charge is -2.01. The fraction of sp³-hybridized carbons (Fsp3) is 0.750. The van der Waals surface area contributed by atoms with E-state index in [4.69, 9.17) is 11.5 Å². The van der Waals surface area contributed by atoms with Crippen molar-refractivity contribution in [1.29, 1.82) is 0 Å². The maximum Gasteiger partial charge on any atom is 0.163 e. The van der Waals surface area contributed by atoms with Gasteiger partial charge in [-0.1, -0.05) is 0 Å². The van der Waals surface area contributed by atoms with E-state index in [0.717, 1.165) is 0 Å². The number of carbonyl (C=O) groups excluding carboxylic acids is 2. The van der Waals surface area contributed by atoms with Crippen molar-refractivity contribution < 1.29 is 19.4 Å². The molecule has 0 radical (unpaired) electrons. The molecule has 0 aliphatic carbocycles. The first-order chi connectivity index (χ1) is 6.70. The minimum atomic E-state index is -0.174. The third-order valence-electron chi connectivity index (χ3n) is 1.37. The highest BCUT2D eigenvalue weighted by molar-refractivity contribution is 5.80. The summed E-state index contributed by atoms with van der Waals surface area (Å²) < 4.78 is 0. The van der Waals surface area contributed by atoms with Gasteiger partial charge >= 0.3 is 0 Å². The molecule has 0 aliphatic rings. The van der Waals surface area contributed by atoms with Gasteiger partial charge in [0.1, 0.15) is 13.2 Å². The van der Waals surface area contributed by atoms with E-state index in [-0.39, 0.29) is 50.7 Å². The molecule has 0 amide bonds. The summed E-state index contributed by atoms with van der Waals surface area (Å²) in [6.45, 7) is 0.225.